The van der Waals surface area contributed by atoms with Crippen molar-refractivity contribution in [3.8, 4) is 5.75 Å². The number of ether oxygens (including phenoxy) is 1. The number of likely N-dealkylation sites (N-methyl/N-ethyl adjacent to an activating group) is 1. The van der Waals surface area contributed by atoms with Gasteiger partial charge < -0.3 is 15.4 Å². The second-order valence-corrected chi connectivity index (χ2v) is 9.51. The average molecular weight is 442 g/mol. The zero-order valence-corrected chi connectivity index (χ0v) is 17.7. The molecular weight excluding hydrogens is 418 g/mol. The zero-order valence-electron chi connectivity index (χ0n) is 16.2. The van der Waals surface area contributed by atoms with Crippen molar-refractivity contribution in [3.05, 3.63) is 28.8 Å². The first-order chi connectivity index (χ1) is 13.8. The summed E-state index contributed by atoms with van der Waals surface area (Å²) in [5, 5.41) is 5.26. The molecule has 2 amide bonds. The molecule has 2 aliphatic rings. The van der Waals surface area contributed by atoms with Gasteiger partial charge in [0.1, 0.15) is 10.6 Å². The number of benzene rings is 1. The Hall–Kier alpha value is -2.10. The van der Waals surface area contributed by atoms with Gasteiger partial charge in [0.25, 0.3) is 5.91 Å². The van der Waals surface area contributed by atoms with Gasteiger partial charge in [-0.15, -0.1) is 0 Å². The third kappa shape index (κ3) is 5.29. The van der Waals surface area contributed by atoms with Crippen molar-refractivity contribution < 1.29 is 22.7 Å². The van der Waals surface area contributed by atoms with Crippen molar-refractivity contribution in [3.63, 3.8) is 0 Å². The van der Waals surface area contributed by atoms with Crippen molar-refractivity contribution in [2.45, 2.75) is 37.0 Å². The predicted molar refractivity (Wildman–Crippen MR) is 110 cm³/mol. The van der Waals surface area contributed by atoms with Crippen LogP contribution in [0.25, 0.3) is 0 Å². The van der Waals surface area contributed by atoms with Crippen LogP contribution >= 0.6 is 11.6 Å². The van der Waals surface area contributed by atoms with Gasteiger partial charge in [0.15, 0.2) is 6.61 Å². The molecule has 10 heteroatoms. The highest BCUT2D eigenvalue weighted by atomic mass is 35.5. The van der Waals surface area contributed by atoms with E-state index in [4.69, 9.17) is 16.3 Å². The van der Waals surface area contributed by atoms with Gasteiger partial charge in [-0.05, 0) is 38.2 Å². The number of anilines is 1. The van der Waals surface area contributed by atoms with Gasteiger partial charge in [0.05, 0.1) is 17.3 Å². The van der Waals surface area contributed by atoms with Crippen LogP contribution in [0.15, 0.2) is 28.7 Å². The summed E-state index contributed by atoms with van der Waals surface area (Å²) < 4.78 is 31.9. The first-order valence-electron chi connectivity index (χ1n) is 9.44. The number of rotatable bonds is 7. The Morgan fingerprint density at radius 1 is 1.34 bits per heavy atom. The van der Waals surface area contributed by atoms with Crippen molar-refractivity contribution >= 4 is 39.1 Å². The Morgan fingerprint density at radius 2 is 2.14 bits per heavy atom. The molecule has 0 unspecified atom stereocenters. The van der Waals surface area contributed by atoms with Crippen molar-refractivity contribution in [2.24, 2.45) is 0 Å². The summed E-state index contributed by atoms with van der Waals surface area (Å²) in [7, 11) is -2.70. The van der Waals surface area contributed by atoms with Gasteiger partial charge in [-0.1, -0.05) is 23.3 Å². The number of sulfonamides is 1. The number of nitrogens with one attached hydrogen (secondary N) is 2. The Morgan fingerprint density at radius 3 is 2.86 bits per heavy atom. The standard InChI is InChI=1S/C19H24ClN3O5S/c1-23(11-18(24)21-8-7-13-5-3-2-4-6-13)29(26,27)17-10-16-15(9-14(17)20)22-19(25)12-28-16/h5,9-10H,2-4,6-8,11-12H2,1H3,(H,21,24)(H,22,25). The number of fused-ring (bicyclic) bond motifs is 1. The van der Waals surface area contributed by atoms with E-state index in [9.17, 15) is 18.0 Å². The molecule has 1 aromatic rings. The van der Waals surface area contributed by atoms with Gasteiger partial charge in [0.2, 0.25) is 15.9 Å². The van der Waals surface area contributed by atoms with Gasteiger partial charge in [-0.25, -0.2) is 8.42 Å². The fraction of sp³-hybridized carbons (Fsp3) is 0.474. The van der Waals surface area contributed by atoms with E-state index in [1.807, 2.05) is 0 Å². The number of hydrogen-bond acceptors (Lipinski definition) is 5. The first kappa shape index (κ1) is 21.6. The van der Waals surface area contributed by atoms with Crippen LogP contribution in [0.4, 0.5) is 5.69 Å². The SMILES string of the molecule is CN(CC(=O)NCCC1=CCCCC1)S(=O)(=O)c1cc2c(cc1Cl)NC(=O)CO2. The molecule has 0 saturated heterocycles. The van der Waals surface area contributed by atoms with E-state index in [0.29, 0.717) is 12.2 Å². The third-order valence-corrected chi connectivity index (χ3v) is 7.14. The lowest BCUT2D eigenvalue weighted by atomic mass is 9.97. The fourth-order valence-electron chi connectivity index (χ4n) is 3.28. The summed E-state index contributed by atoms with van der Waals surface area (Å²) in [5.74, 6) is -0.516. The molecule has 1 aliphatic heterocycles. The summed E-state index contributed by atoms with van der Waals surface area (Å²) in [6.07, 6.45) is 7.52. The number of halogens is 1. The Kier molecular flexibility index (Phi) is 6.81. The van der Waals surface area contributed by atoms with Crippen LogP contribution in [-0.2, 0) is 19.6 Å². The van der Waals surface area contributed by atoms with Gasteiger partial charge in [-0.2, -0.15) is 4.31 Å². The van der Waals surface area contributed by atoms with E-state index < -0.39 is 10.0 Å². The van der Waals surface area contributed by atoms with Crippen molar-refractivity contribution in [1.82, 2.24) is 9.62 Å². The fourth-order valence-corrected chi connectivity index (χ4v) is 4.92. The van der Waals surface area contributed by atoms with E-state index in [0.717, 1.165) is 23.6 Å². The number of carbonyl (C=O) groups excluding carboxylic acids is 2. The van der Waals surface area contributed by atoms with Crippen LogP contribution in [0.2, 0.25) is 5.02 Å². The van der Waals surface area contributed by atoms with Gasteiger partial charge in [-0.3, -0.25) is 9.59 Å². The minimum absolute atomic E-state index is 0.0638. The average Bonchev–Trinajstić information content (AvgIpc) is 2.68. The molecular formula is C19H24ClN3O5S. The molecule has 0 atom stereocenters. The highest BCUT2D eigenvalue weighted by Gasteiger charge is 2.28. The topological polar surface area (TPSA) is 105 Å². The summed E-state index contributed by atoms with van der Waals surface area (Å²) in [6.45, 7) is -0.0547. The number of nitrogens with zero attached hydrogens (tertiary/aromatic N) is 1. The molecule has 2 N–H and O–H groups in total. The largest absolute Gasteiger partial charge is 0.482 e. The van der Waals surface area contributed by atoms with Crippen LogP contribution in [0.3, 0.4) is 0 Å². The molecule has 8 nitrogen and oxygen atoms in total. The second-order valence-electron chi connectivity index (χ2n) is 7.08. The number of allylic oxidation sites excluding steroid dienone is 1. The van der Waals surface area contributed by atoms with Crippen LogP contribution in [0, 0.1) is 0 Å². The van der Waals surface area contributed by atoms with E-state index in [2.05, 4.69) is 16.7 Å². The lowest BCUT2D eigenvalue weighted by molar-refractivity contribution is -0.121. The Labute approximate surface area is 175 Å². The summed E-state index contributed by atoms with van der Waals surface area (Å²) in [6, 6.07) is 2.59. The summed E-state index contributed by atoms with van der Waals surface area (Å²) >= 11 is 6.12. The molecule has 0 saturated carbocycles. The Balaban J connectivity index is 1.62. The lowest BCUT2D eigenvalue weighted by Crippen LogP contribution is -2.38. The first-order valence-corrected chi connectivity index (χ1v) is 11.3. The van der Waals surface area contributed by atoms with Crippen LogP contribution in [0.1, 0.15) is 32.1 Å². The van der Waals surface area contributed by atoms with Crippen LogP contribution in [-0.4, -0.2) is 51.3 Å². The number of carbonyl (C=O) groups is 2. The summed E-state index contributed by atoms with van der Waals surface area (Å²) in [4.78, 5) is 23.4. The van der Waals surface area contributed by atoms with Crippen LogP contribution in [0.5, 0.6) is 5.75 Å². The summed E-state index contributed by atoms with van der Waals surface area (Å²) in [5.41, 5.74) is 1.65. The maximum Gasteiger partial charge on any atom is 0.262 e. The minimum atomic E-state index is -4.02. The number of amides is 2. The monoisotopic (exact) mass is 441 g/mol. The molecule has 0 radical (unpaired) electrons. The smallest absolute Gasteiger partial charge is 0.262 e. The van der Waals surface area contributed by atoms with Crippen molar-refractivity contribution in [2.75, 3.05) is 32.1 Å². The van der Waals surface area contributed by atoms with E-state index in [1.165, 1.54) is 37.6 Å². The van der Waals surface area contributed by atoms with Crippen LogP contribution < -0.4 is 15.4 Å². The van der Waals surface area contributed by atoms with E-state index >= 15 is 0 Å². The van der Waals surface area contributed by atoms with E-state index in [1.54, 1.807) is 0 Å². The molecule has 3 rings (SSSR count). The maximum atomic E-state index is 12.9. The van der Waals surface area contributed by atoms with Crippen molar-refractivity contribution in [1.29, 1.82) is 0 Å². The molecule has 158 valence electrons. The van der Waals surface area contributed by atoms with Gasteiger partial charge in [0, 0.05) is 19.7 Å². The molecule has 0 fully saturated rings. The maximum absolute atomic E-state index is 12.9. The minimum Gasteiger partial charge on any atom is -0.482 e. The lowest BCUT2D eigenvalue weighted by Gasteiger charge is -2.22. The number of hydrogen-bond donors (Lipinski definition) is 2. The predicted octanol–water partition coefficient (Wildman–Crippen LogP) is 2.30. The molecule has 1 aliphatic carbocycles. The quantitative estimate of drug-likeness (QED) is 0.631. The zero-order chi connectivity index (χ0) is 21.0. The van der Waals surface area contributed by atoms with Gasteiger partial charge >= 0.3 is 0 Å². The molecule has 29 heavy (non-hydrogen) atoms. The third-order valence-electron chi connectivity index (χ3n) is 4.87. The highest BCUT2D eigenvalue weighted by Crippen LogP contribution is 2.36. The molecule has 0 aromatic heterocycles. The molecule has 1 aromatic carbocycles. The van der Waals surface area contributed by atoms with E-state index in [-0.39, 0.29) is 40.6 Å². The molecule has 0 bridgehead atoms. The molecule has 0 spiro atoms. The molecule has 1 heterocycles. The Bertz CT molecular complexity index is 945. The highest BCUT2D eigenvalue weighted by molar-refractivity contribution is 7.89. The normalized spacial score (nSPS) is 16.5. The second kappa shape index (κ2) is 9.15.